The molecule has 116 valence electrons. The standard InChI is InChI=1S/C14H19NO4S2/c1-14(2)6-7-15(8-9-20-14)21(18,19)12-5-3-4-11(10-12)13(16)17/h3-5,10H,6-9H2,1-2H3,(H,16,17). The Balaban J connectivity index is 2.29. The summed E-state index contributed by atoms with van der Waals surface area (Å²) < 4.78 is 26.8. The fraction of sp³-hybridized carbons (Fsp3) is 0.500. The zero-order chi connectivity index (χ0) is 15.7. The van der Waals surface area contributed by atoms with Gasteiger partial charge in [0.25, 0.3) is 0 Å². The molecule has 21 heavy (non-hydrogen) atoms. The van der Waals surface area contributed by atoms with Gasteiger partial charge in [-0.3, -0.25) is 0 Å². The van der Waals surface area contributed by atoms with Crippen molar-refractivity contribution in [1.82, 2.24) is 4.31 Å². The molecule has 1 heterocycles. The van der Waals surface area contributed by atoms with Crippen LogP contribution in [0.4, 0.5) is 0 Å². The van der Waals surface area contributed by atoms with Crippen LogP contribution < -0.4 is 0 Å². The first-order chi connectivity index (χ1) is 9.72. The molecule has 5 nitrogen and oxygen atoms in total. The van der Waals surface area contributed by atoms with Crippen molar-refractivity contribution in [3.8, 4) is 0 Å². The predicted molar refractivity (Wildman–Crippen MR) is 83.3 cm³/mol. The summed E-state index contributed by atoms with van der Waals surface area (Å²) in [5.74, 6) is -0.384. The minimum Gasteiger partial charge on any atom is -0.478 e. The van der Waals surface area contributed by atoms with Crippen LogP contribution in [-0.2, 0) is 10.0 Å². The molecule has 2 rings (SSSR count). The van der Waals surface area contributed by atoms with Crippen molar-refractivity contribution >= 4 is 27.8 Å². The van der Waals surface area contributed by atoms with Crippen LogP contribution in [0.1, 0.15) is 30.6 Å². The molecular weight excluding hydrogens is 310 g/mol. The van der Waals surface area contributed by atoms with Crippen molar-refractivity contribution in [2.75, 3.05) is 18.8 Å². The van der Waals surface area contributed by atoms with Gasteiger partial charge >= 0.3 is 5.97 Å². The van der Waals surface area contributed by atoms with Crippen LogP contribution in [0.5, 0.6) is 0 Å². The third kappa shape index (κ3) is 3.78. The van der Waals surface area contributed by atoms with Crippen LogP contribution in [-0.4, -0.2) is 47.4 Å². The first-order valence-electron chi connectivity index (χ1n) is 6.70. The summed E-state index contributed by atoms with van der Waals surface area (Å²) >= 11 is 1.76. The van der Waals surface area contributed by atoms with E-state index in [-0.39, 0.29) is 15.2 Å². The predicted octanol–water partition coefficient (Wildman–Crippen LogP) is 2.29. The van der Waals surface area contributed by atoms with Crippen LogP contribution in [0.25, 0.3) is 0 Å². The first-order valence-corrected chi connectivity index (χ1v) is 9.12. The zero-order valence-electron chi connectivity index (χ0n) is 12.1. The lowest BCUT2D eigenvalue weighted by Gasteiger charge is -2.22. The van der Waals surface area contributed by atoms with Gasteiger partial charge in [-0.05, 0) is 24.6 Å². The third-order valence-corrected chi connectivity index (χ3v) is 6.78. The number of hydrogen-bond donors (Lipinski definition) is 1. The van der Waals surface area contributed by atoms with Crippen molar-refractivity contribution in [2.24, 2.45) is 0 Å². The van der Waals surface area contributed by atoms with Gasteiger partial charge in [0.15, 0.2) is 0 Å². The summed E-state index contributed by atoms with van der Waals surface area (Å²) in [7, 11) is -3.63. The van der Waals surface area contributed by atoms with E-state index in [1.165, 1.54) is 28.6 Å². The molecule has 1 aliphatic rings. The van der Waals surface area contributed by atoms with Crippen LogP contribution in [0.2, 0.25) is 0 Å². The molecule has 0 aromatic heterocycles. The smallest absolute Gasteiger partial charge is 0.335 e. The Morgan fingerprint density at radius 2 is 2.05 bits per heavy atom. The molecule has 7 heteroatoms. The van der Waals surface area contributed by atoms with Gasteiger partial charge < -0.3 is 5.11 Å². The van der Waals surface area contributed by atoms with E-state index in [1.807, 2.05) is 0 Å². The van der Waals surface area contributed by atoms with Gasteiger partial charge in [-0.2, -0.15) is 16.1 Å². The van der Waals surface area contributed by atoms with Crippen LogP contribution in [0.3, 0.4) is 0 Å². The Kier molecular flexibility index (Phi) is 4.65. The Morgan fingerprint density at radius 1 is 1.33 bits per heavy atom. The number of nitrogens with zero attached hydrogens (tertiary/aromatic N) is 1. The SMILES string of the molecule is CC1(C)CCN(S(=O)(=O)c2cccc(C(=O)O)c2)CCS1. The van der Waals surface area contributed by atoms with E-state index in [4.69, 9.17) is 5.11 Å². The number of carboxylic acids is 1. The summed E-state index contributed by atoms with van der Waals surface area (Å²) in [5.41, 5.74) is -0.0133. The van der Waals surface area contributed by atoms with Crippen LogP contribution in [0, 0.1) is 0 Å². The summed E-state index contributed by atoms with van der Waals surface area (Å²) in [6, 6.07) is 5.53. The second-order valence-electron chi connectivity index (χ2n) is 5.60. The van der Waals surface area contributed by atoms with Gasteiger partial charge in [-0.15, -0.1) is 0 Å². The largest absolute Gasteiger partial charge is 0.478 e. The van der Waals surface area contributed by atoms with Gasteiger partial charge in [0.1, 0.15) is 0 Å². The highest BCUT2D eigenvalue weighted by Crippen LogP contribution is 2.32. The maximum atomic E-state index is 12.6. The zero-order valence-corrected chi connectivity index (χ0v) is 13.7. The van der Waals surface area contributed by atoms with Gasteiger partial charge in [0.05, 0.1) is 10.5 Å². The summed E-state index contributed by atoms with van der Waals surface area (Å²) in [5, 5.41) is 8.99. The Hall–Kier alpha value is -1.05. The summed E-state index contributed by atoms with van der Waals surface area (Å²) in [6.07, 6.45) is 0.773. The van der Waals surface area contributed by atoms with E-state index in [0.29, 0.717) is 13.1 Å². The summed E-state index contributed by atoms with van der Waals surface area (Å²) in [4.78, 5) is 11.0. The fourth-order valence-corrected chi connectivity index (χ4v) is 4.88. The lowest BCUT2D eigenvalue weighted by Crippen LogP contribution is -2.33. The lowest BCUT2D eigenvalue weighted by atomic mass is 10.1. The topological polar surface area (TPSA) is 74.7 Å². The van der Waals surface area contributed by atoms with E-state index in [1.54, 1.807) is 11.8 Å². The molecule has 0 unspecified atom stereocenters. The molecule has 0 spiro atoms. The third-order valence-electron chi connectivity index (χ3n) is 3.52. The van der Waals surface area contributed by atoms with Gasteiger partial charge in [-0.1, -0.05) is 19.9 Å². The average molecular weight is 329 g/mol. The van der Waals surface area contributed by atoms with Crippen LogP contribution >= 0.6 is 11.8 Å². The Bertz CT molecular complexity index is 640. The second kappa shape index (κ2) is 5.98. The summed E-state index contributed by atoms with van der Waals surface area (Å²) in [6.45, 7) is 5.13. The highest BCUT2D eigenvalue weighted by molar-refractivity contribution is 8.00. The molecule has 0 bridgehead atoms. The van der Waals surface area contributed by atoms with Crippen LogP contribution in [0.15, 0.2) is 29.2 Å². The van der Waals surface area contributed by atoms with E-state index in [0.717, 1.165) is 12.2 Å². The monoisotopic (exact) mass is 329 g/mol. The lowest BCUT2D eigenvalue weighted by molar-refractivity contribution is 0.0696. The van der Waals surface area contributed by atoms with Crippen molar-refractivity contribution in [2.45, 2.75) is 29.9 Å². The fourth-order valence-electron chi connectivity index (χ4n) is 2.18. The Morgan fingerprint density at radius 3 is 2.71 bits per heavy atom. The number of thioether (sulfide) groups is 1. The normalized spacial score (nSPS) is 19.9. The maximum absolute atomic E-state index is 12.6. The molecular formula is C14H19NO4S2. The molecule has 1 aliphatic heterocycles. The number of sulfonamides is 1. The first kappa shape index (κ1) is 16.3. The van der Waals surface area contributed by atoms with E-state index in [2.05, 4.69) is 13.8 Å². The molecule has 0 amide bonds. The highest BCUT2D eigenvalue weighted by atomic mass is 32.2. The number of carbonyl (C=O) groups is 1. The second-order valence-corrected chi connectivity index (χ2v) is 9.34. The number of benzene rings is 1. The minimum atomic E-state index is -3.63. The molecule has 1 aromatic rings. The van der Waals surface area contributed by atoms with E-state index >= 15 is 0 Å². The van der Waals surface area contributed by atoms with Gasteiger partial charge in [0.2, 0.25) is 10.0 Å². The molecule has 0 atom stereocenters. The van der Waals surface area contributed by atoms with Crippen molar-refractivity contribution < 1.29 is 18.3 Å². The highest BCUT2D eigenvalue weighted by Gasteiger charge is 2.31. The van der Waals surface area contributed by atoms with E-state index < -0.39 is 16.0 Å². The van der Waals surface area contributed by atoms with Crippen molar-refractivity contribution in [3.05, 3.63) is 29.8 Å². The number of rotatable bonds is 3. The van der Waals surface area contributed by atoms with Gasteiger partial charge in [0, 0.05) is 23.6 Å². The average Bonchev–Trinajstić information content (AvgIpc) is 2.60. The van der Waals surface area contributed by atoms with Gasteiger partial charge in [-0.25, -0.2) is 13.2 Å². The molecule has 1 aromatic carbocycles. The number of carboxylic acid groups (broad SMARTS) is 1. The Labute approximate surface area is 129 Å². The van der Waals surface area contributed by atoms with E-state index in [9.17, 15) is 13.2 Å². The van der Waals surface area contributed by atoms with Crippen molar-refractivity contribution in [1.29, 1.82) is 0 Å². The molecule has 0 aliphatic carbocycles. The molecule has 1 fully saturated rings. The molecule has 0 saturated carbocycles. The van der Waals surface area contributed by atoms with Crippen molar-refractivity contribution in [3.63, 3.8) is 0 Å². The molecule has 0 radical (unpaired) electrons. The number of aromatic carboxylic acids is 1. The maximum Gasteiger partial charge on any atom is 0.335 e. The molecule has 1 N–H and O–H groups in total. The minimum absolute atomic E-state index is 0.0133. The molecule has 1 saturated heterocycles. The number of hydrogen-bond acceptors (Lipinski definition) is 4. The quantitative estimate of drug-likeness (QED) is 0.921.